The molecular formula is C60H74N18O4. The summed E-state index contributed by atoms with van der Waals surface area (Å²) in [6.45, 7) is 5.42. The monoisotopic (exact) mass is 1110 g/mol. The van der Waals surface area contributed by atoms with Crippen molar-refractivity contribution in [2.24, 2.45) is 0 Å². The van der Waals surface area contributed by atoms with E-state index in [1.54, 1.807) is 31.6 Å². The van der Waals surface area contributed by atoms with E-state index in [9.17, 15) is 9.59 Å². The Hall–Kier alpha value is -7.37. The van der Waals surface area contributed by atoms with Crippen molar-refractivity contribution in [2.45, 2.75) is 138 Å². The smallest absolute Gasteiger partial charge is 0.345 e. The average molecular weight is 1110 g/mol. The highest BCUT2D eigenvalue weighted by molar-refractivity contribution is 6.10. The molecular weight excluding hydrogens is 1040 g/mol. The zero-order chi connectivity index (χ0) is 55.4. The molecule has 0 radical (unpaired) electrons. The van der Waals surface area contributed by atoms with Gasteiger partial charge in [0.25, 0.3) is 0 Å². The number of nitrogens with one attached hydrogen (secondary N) is 3. The van der Waals surface area contributed by atoms with Crippen molar-refractivity contribution >= 4 is 62.8 Å². The number of amides is 4. The van der Waals surface area contributed by atoms with Crippen LogP contribution in [0.1, 0.15) is 102 Å². The van der Waals surface area contributed by atoms with Crippen molar-refractivity contribution in [3.8, 4) is 22.8 Å². The third-order valence-electron chi connectivity index (χ3n) is 18.2. The van der Waals surface area contributed by atoms with Crippen molar-refractivity contribution in [1.82, 2.24) is 65.1 Å². The molecule has 7 aliphatic rings. The zero-order valence-electron chi connectivity index (χ0n) is 47.2. The first-order valence-corrected chi connectivity index (χ1v) is 29.9. The molecule has 4 unspecified atom stereocenters. The minimum atomic E-state index is -0.587. The van der Waals surface area contributed by atoms with Crippen LogP contribution in [0.3, 0.4) is 0 Å². The summed E-state index contributed by atoms with van der Waals surface area (Å²) in [6, 6.07) is 18.8. The summed E-state index contributed by atoms with van der Waals surface area (Å²) < 4.78 is 16.9. The predicted molar refractivity (Wildman–Crippen MR) is 315 cm³/mol. The number of carbonyl (C=O) groups is 2. The predicted octanol–water partition coefficient (Wildman–Crippen LogP) is 8.36. The van der Waals surface area contributed by atoms with E-state index in [2.05, 4.69) is 45.1 Å². The summed E-state index contributed by atoms with van der Waals surface area (Å²) in [7, 11) is 5.64. The molecule has 5 aromatic heterocycles. The number of aromatic nitrogens is 9. The number of anilines is 5. The Morgan fingerprint density at radius 2 is 1.04 bits per heavy atom. The summed E-state index contributed by atoms with van der Waals surface area (Å²) >= 11 is 0. The molecule has 5 saturated heterocycles. The van der Waals surface area contributed by atoms with E-state index < -0.39 is 12.1 Å². The standard InChI is InChI=1S/C60H74N18O4/c1-61-59(79)77(45-14-8-38(9-15-45)53-66-55(73-34-47-24-25-48(35-73)81-47)51-32-63-75(57(51)68-53)43-18-12-40(13-19-43)70-71(2)3)78(60(80)65-41-7-6-28-62-31-41)46-16-10-39(11-17-46)54-67-56(74-36-49-26-27-50(37-74)82-49)52-33-64-76(58(52)69-54)44-22-20-42(21-23-44)72-29-4-5-30-72/h6-11,14-17,28,31-33,40,42-44,47-50,70H,4-5,12-13,18-27,29-30,34-37H2,1-3H3,(H,61,79)(H,65,80). The van der Waals surface area contributed by atoms with Crippen LogP contribution in [-0.4, -0.2) is 163 Å². The summed E-state index contributed by atoms with van der Waals surface area (Å²) in [6.07, 6.45) is 22.9. The molecule has 4 amide bonds. The minimum Gasteiger partial charge on any atom is -0.371 e. The SMILES string of the molecule is CNC(=O)N(c1ccc(-c2nc(N3CC4CCC(C3)O4)c3cnn(C4CCC(NN(C)C)CC4)c3n2)cc1)N(C(=O)Nc1cccnc1)c1ccc(-c2nc(N3CC4CCC(C3)O4)c3cnn(C4CCC(N5CCCC5)CC4)c3n2)cc1. The Morgan fingerprint density at radius 3 is 1.50 bits per heavy atom. The van der Waals surface area contributed by atoms with Gasteiger partial charge >= 0.3 is 12.1 Å². The van der Waals surface area contributed by atoms with E-state index in [1.165, 1.54) is 35.9 Å². The van der Waals surface area contributed by atoms with E-state index in [0.717, 1.165) is 148 Å². The Labute approximate surface area is 477 Å². The highest BCUT2D eigenvalue weighted by Crippen LogP contribution is 2.41. The molecule has 14 rings (SSSR count). The topological polar surface area (TPSA) is 208 Å². The molecule has 428 valence electrons. The number of fused-ring (bicyclic) bond motifs is 6. The normalized spacial score (nSPS) is 25.6. The van der Waals surface area contributed by atoms with Gasteiger partial charge in [0.2, 0.25) is 0 Å². The first kappa shape index (κ1) is 52.7. The van der Waals surface area contributed by atoms with Gasteiger partial charge in [0.15, 0.2) is 22.9 Å². The van der Waals surface area contributed by atoms with Gasteiger partial charge in [-0.05, 0) is 164 Å². The molecule has 22 heteroatoms. The maximum Gasteiger partial charge on any atom is 0.345 e. The number of morpholine rings is 2. The van der Waals surface area contributed by atoms with Gasteiger partial charge in [-0.3, -0.25) is 15.4 Å². The van der Waals surface area contributed by atoms with Gasteiger partial charge < -0.3 is 34.8 Å². The summed E-state index contributed by atoms with van der Waals surface area (Å²) in [5.41, 5.74) is 8.01. The lowest BCUT2D eigenvalue weighted by atomic mass is 9.90. The van der Waals surface area contributed by atoms with Crippen molar-refractivity contribution in [1.29, 1.82) is 0 Å². The fourth-order valence-corrected chi connectivity index (χ4v) is 14.1. The Balaban J connectivity index is 0.801. The number of carbonyl (C=O) groups excluding carboxylic acids is 2. The lowest BCUT2D eigenvalue weighted by Gasteiger charge is -2.35. The van der Waals surface area contributed by atoms with Crippen molar-refractivity contribution in [3.63, 3.8) is 0 Å². The lowest BCUT2D eigenvalue weighted by molar-refractivity contribution is 0.0301. The van der Waals surface area contributed by atoms with Crippen LogP contribution in [0, 0.1) is 0 Å². The third-order valence-corrected chi connectivity index (χ3v) is 18.2. The molecule has 4 atom stereocenters. The molecule has 4 bridgehead atoms. The molecule has 7 aromatic rings. The third kappa shape index (κ3) is 10.4. The molecule has 2 saturated carbocycles. The number of urea groups is 2. The number of pyridine rings is 1. The second kappa shape index (κ2) is 22.4. The molecule has 10 heterocycles. The van der Waals surface area contributed by atoms with Crippen LogP contribution in [0.4, 0.5) is 38.3 Å². The van der Waals surface area contributed by atoms with Crippen LogP contribution in [0.25, 0.3) is 44.8 Å². The molecule has 22 nitrogen and oxygen atoms in total. The molecule has 3 N–H and O–H groups in total. The second-order valence-corrected chi connectivity index (χ2v) is 23.8. The van der Waals surface area contributed by atoms with Crippen LogP contribution >= 0.6 is 0 Å². The Bertz CT molecular complexity index is 3380. The Morgan fingerprint density at radius 1 is 0.561 bits per heavy atom. The van der Waals surface area contributed by atoms with Gasteiger partial charge in [-0.2, -0.15) is 20.2 Å². The van der Waals surface area contributed by atoms with Gasteiger partial charge in [0.05, 0.1) is 82.9 Å². The summed E-state index contributed by atoms with van der Waals surface area (Å²) in [4.78, 5) is 62.2. The second-order valence-electron chi connectivity index (χ2n) is 23.8. The van der Waals surface area contributed by atoms with Crippen LogP contribution in [0.2, 0.25) is 0 Å². The number of hydrogen-bond acceptors (Lipinski definition) is 16. The number of ether oxygens (including phenoxy) is 2. The van der Waals surface area contributed by atoms with Crippen LogP contribution < -0.4 is 35.9 Å². The number of likely N-dealkylation sites (tertiary alicyclic amines) is 1. The lowest BCUT2D eigenvalue weighted by Crippen LogP contribution is -2.55. The maximum absolute atomic E-state index is 14.9. The molecule has 82 heavy (non-hydrogen) atoms. The van der Waals surface area contributed by atoms with Gasteiger partial charge in [-0.15, -0.1) is 0 Å². The Kier molecular flexibility index (Phi) is 14.4. The van der Waals surface area contributed by atoms with Gasteiger partial charge in [-0.1, -0.05) is 0 Å². The minimum absolute atomic E-state index is 0.155. The van der Waals surface area contributed by atoms with Gasteiger partial charge in [-0.25, -0.2) is 38.9 Å². The van der Waals surface area contributed by atoms with E-state index in [0.29, 0.717) is 40.8 Å². The zero-order valence-corrected chi connectivity index (χ0v) is 47.2. The quantitative estimate of drug-likeness (QED) is 0.0982. The number of rotatable bonds is 12. The number of benzene rings is 2. The van der Waals surface area contributed by atoms with Crippen LogP contribution in [0.5, 0.6) is 0 Å². The number of hydrogen-bond donors (Lipinski definition) is 3. The van der Waals surface area contributed by atoms with E-state index in [4.69, 9.17) is 39.6 Å². The average Bonchev–Trinajstić information content (AvgIpc) is 3.88. The fraction of sp³-hybridized carbons (Fsp3) is 0.517. The van der Waals surface area contributed by atoms with Crippen LogP contribution in [-0.2, 0) is 9.47 Å². The molecule has 7 fully saturated rings. The number of nitrogens with zero attached hydrogens (tertiary/aromatic N) is 15. The first-order chi connectivity index (χ1) is 40.2. The first-order valence-electron chi connectivity index (χ1n) is 29.9. The van der Waals surface area contributed by atoms with E-state index in [1.807, 2.05) is 80.0 Å². The van der Waals surface area contributed by atoms with Crippen molar-refractivity contribution < 1.29 is 19.1 Å². The number of hydrazine groups is 2. The summed E-state index contributed by atoms with van der Waals surface area (Å²) in [5, 5.41) is 22.5. The molecule has 2 aliphatic carbocycles. The maximum atomic E-state index is 14.9. The van der Waals surface area contributed by atoms with Gasteiger partial charge in [0.1, 0.15) is 11.6 Å². The van der Waals surface area contributed by atoms with Crippen LogP contribution in [0.15, 0.2) is 85.5 Å². The van der Waals surface area contributed by atoms with E-state index in [-0.39, 0.29) is 36.5 Å². The molecule has 0 spiro atoms. The highest BCUT2D eigenvalue weighted by Gasteiger charge is 2.39. The fourth-order valence-electron chi connectivity index (χ4n) is 14.1. The largest absolute Gasteiger partial charge is 0.371 e. The molecule has 2 aromatic carbocycles. The van der Waals surface area contributed by atoms with Crippen molar-refractivity contribution in [2.75, 3.05) is 85.5 Å². The summed E-state index contributed by atoms with van der Waals surface area (Å²) in [5.74, 6) is 2.82. The van der Waals surface area contributed by atoms with Crippen molar-refractivity contribution in [3.05, 3.63) is 85.5 Å². The highest BCUT2D eigenvalue weighted by atomic mass is 16.5. The van der Waals surface area contributed by atoms with Gasteiger partial charge in [0, 0.05) is 76.7 Å². The van der Waals surface area contributed by atoms with E-state index >= 15 is 0 Å². The molecule has 5 aliphatic heterocycles.